The Morgan fingerprint density at radius 2 is 2.36 bits per heavy atom. The van der Waals surface area contributed by atoms with Crippen molar-refractivity contribution in [2.75, 3.05) is 0 Å². The average Bonchev–Trinajstić information content (AvgIpc) is 1.94. The van der Waals surface area contributed by atoms with Gasteiger partial charge in [-0.3, -0.25) is 4.79 Å². The minimum atomic E-state index is -0.120. The van der Waals surface area contributed by atoms with E-state index in [1.54, 1.807) is 0 Å². The number of aromatic nitrogens is 1. The fourth-order valence-corrected chi connectivity index (χ4v) is 0.935. The van der Waals surface area contributed by atoms with Gasteiger partial charge in [0.05, 0.1) is 10.7 Å². The van der Waals surface area contributed by atoms with E-state index < -0.39 is 0 Å². The number of rotatable bonds is 1. The molecule has 1 aromatic rings. The van der Waals surface area contributed by atoms with Crippen molar-refractivity contribution in [2.24, 2.45) is 0 Å². The molecule has 58 valence electrons. The number of ketones is 1. The molecule has 0 saturated carbocycles. The maximum absolute atomic E-state index is 10.7. The zero-order valence-corrected chi connectivity index (χ0v) is 7.42. The van der Waals surface area contributed by atoms with Gasteiger partial charge in [0.15, 0.2) is 5.78 Å². The minimum absolute atomic E-state index is 0.0370. The maximum atomic E-state index is 10.7. The molecule has 0 fully saturated rings. The highest BCUT2D eigenvalue weighted by Crippen LogP contribution is 2.22. The zero-order valence-electron chi connectivity index (χ0n) is 5.84. The Bertz CT molecular complexity index is 298. The summed E-state index contributed by atoms with van der Waals surface area (Å²) < 4.78 is 0.484. The van der Waals surface area contributed by atoms with Crippen LogP contribution in [0.3, 0.4) is 0 Å². The van der Waals surface area contributed by atoms with Crippen molar-refractivity contribution in [1.29, 1.82) is 0 Å². The van der Waals surface area contributed by atoms with E-state index in [0.29, 0.717) is 10.2 Å². The maximum Gasteiger partial charge on any atom is 0.178 e. The van der Waals surface area contributed by atoms with Crippen LogP contribution in [0.4, 0.5) is 0 Å². The monoisotopic (exact) mass is 215 g/mol. The van der Waals surface area contributed by atoms with Crippen LogP contribution in [-0.4, -0.2) is 15.9 Å². The van der Waals surface area contributed by atoms with E-state index in [1.165, 1.54) is 19.2 Å². The van der Waals surface area contributed by atoms with Gasteiger partial charge in [-0.15, -0.1) is 0 Å². The summed E-state index contributed by atoms with van der Waals surface area (Å²) in [5.41, 5.74) is 0.342. The van der Waals surface area contributed by atoms with Crippen LogP contribution in [0, 0.1) is 0 Å². The topological polar surface area (TPSA) is 50.2 Å². The summed E-state index contributed by atoms with van der Waals surface area (Å²) in [5.74, 6) is -0.0827. The van der Waals surface area contributed by atoms with E-state index in [-0.39, 0.29) is 11.5 Å². The van der Waals surface area contributed by atoms with Crippen molar-refractivity contribution >= 4 is 21.7 Å². The molecule has 4 heteroatoms. The lowest BCUT2D eigenvalue weighted by atomic mass is 10.3. The fourth-order valence-electron chi connectivity index (χ4n) is 0.616. The Kier molecular flexibility index (Phi) is 2.24. The summed E-state index contributed by atoms with van der Waals surface area (Å²) in [6.45, 7) is 1.42. The fraction of sp³-hybridized carbons (Fsp3) is 0.143. The first kappa shape index (κ1) is 8.20. The second-order valence-electron chi connectivity index (χ2n) is 2.08. The Balaban J connectivity index is 3.15. The predicted octanol–water partition coefficient (Wildman–Crippen LogP) is 1.75. The number of Topliss-reactive ketones (excluding diaryl/α,β-unsaturated/α-hetero) is 1. The standard InChI is InChI=1S/C7H6BrNO2/c1-4(10)6-2-5(8)7(11)3-9-6/h2-3,11H,1H3. The third-order valence-electron chi connectivity index (χ3n) is 1.19. The van der Waals surface area contributed by atoms with E-state index in [9.17, 15) is 4.79 Å². The van der Waals surface area contributed by atoms with E-state index >= 15 is 0 Å². The average molecular weight is 216 g/mol. The van der Waals surface area contributed by atoms with E-state index in [2.05, 4.69) is 20.9 Å². The first-order valence-corrected chi connectivity index (χ1v) is 3.76. The number of carbonyl (C=O) groups excluding carboxylic acids is 1. The van der Waals surface area contributed by atoms with Gasteiger partial charge in [0.2, 0.25) is 0 Å². The second-order valence-corrected chi connectivity index (χ2v) is 2.93. The van der Waals surface area contributed by atoms with E-state index in [0.717, 1.165) is 0 Å². The number of pyridine rings is 1. The SMILES string of the molecule is CC(=O)c1cc(Br)c(O)cn1. The van der Waals surface area contributed by atoms with Crippen LogP contribution in [0.15, 0.2) is 16.7 Å². The quantitative estimate of drug-likeness (QED) is 0.727. The lowest BCUT2D eigenvalue weighted by Gasteiger charge is -1.97. The highest BCUT2D eigenvalue weighted by atomic mass is 79.9. The molecule has 0 aromatic carbocycles. The molecule has 0 aliphatic carbocycles. The second kappa shape index (κ2) is 3.00. The van der Waals surface area contributed by atoms with Gasteiger partial charge >= 0.3 is 0 Å². The molecule has 0 aliphatic heterocycles. The van der Waals surface area contributed by atoms with Crippen molar-refractivity contribution in [3.8, 4) is 5.75 Å². The Hall–Kier alpha value is -0.900. The number of hydrogen-bond acceptors (Lipinski definition) is 3. The molecule has 3 nitrogen and oxygen atoms in total. The summed E-state index contributed by atoms with van der Waals surface area (Å²) >= 11 is 3.07. The summed E-state index contributed by atoms with van der Waals surface area (Å²) in [6.07, 6.45) is 1.24. The Morgan fingerprint density at radius 3 is 2.82 bits per heavy atom. The molecular weight excluding hydrogens is 210 g/mol. The molecule has 0 atom stereocenters. The Morgan fingerprint density at radius 1 is 1.73 bits per heavy atom. The number of halogens is 1. The molecule has 0 radical (unpaired) electrons. The summed E-state index contributed by atoms with van der Waals surface area (Å²) in [6, 6.07) is 1.48. The number of hydrogen-bond donors (Lipinski definition) is 1. The van der Waals surface area contributed by atoms with Crippen LogP contribution in [0.1, 0.15) is 17.4 Å². The lowest BCUT2D eigenvalue weighted by Crippen LogP contribution is -1.95. The van der Waals surface area contributed by atoms with Crippen molar-refractivity contribution < 1.29 is 9.90 Å². The van der Waals surface area contributed by atoms with E-state index in [1.807, 2.05) is 0 Å². The molecule has 1 rings (SSSR count). The molecule has 0 spiro atoms. The molecule has 0 unspecified atom stereocenters. The van der Waals surface area contributed by atoms with Crippen LogP contribution < -0.4 is 0 Å². The summed E-state index contributed by atoms with van der Waals surface area (Å²) in [4.78, 5) is 14.5. The van der Waals surface area contributed by atoms with Gasteiger partial charge in [-0.25, -0.2) is 4.98 Å². The van der Waals surface area contributed by atoms with Crippen molar-refractivity contribution in [2.45, 2.75) is 6.92 Å². The number of nitrogens with zero attached hydrogens (tertiary/aromatic N) is 1. The lowest BCUT2D eigenvalue weighted by molar-refractivity contribution is 0.101. The van der Waals surface area contributed by atoms with Crippen LogP contribution in [-0.2, 0) is 0 Å². The molecule has 0 aliphatic rings. The van der Waals surface area contributed by atoms with Crippen molar-refractivity contribution in [1.82, 2.24) is 4.98 Å². The third-order valence-corrected chi connectivity index (χ3v) is 1.83. The van der Waals surface area contributed by atoms with Crippen LogP contribution >= 0.6 is 15.9 Å². The van der Waals surface area contributed by atoms with Gasteiger partial charge in [0, 0.05) is 6.92 Å². The number of aromatic hydroxyl groups is 1. The highest BCUT2D eigenvalue weighted by Gasteiger charge is 2.03. The minimum Gasteiger partial charge on any atom is -0.505 e. The molecule has 1 aromatic heterocycles. The first-order chi connectivity index (χ1) is 5.11. The molecule has 1 N–H and O–H groups in total. The molecule has 0 amide bonds. The molecule has 0 saturated heterocycles. The number of carbonyl (C=O) groups is 1. The van der Waals surface area contributed by atoms with E-state index in [4.69, 9.17) is 5.11 Å². The molecule has 0 bridgehead atoms. The van der Waals surface area contributed by atoms with Crippen molar-refractivity contribution in [3.05, 3.63) is 22.4 Å². The third kappa shape index (κ3) is 1.77. The van der Waals surface area contributed by atoms with Gasteiger partial charge in [-0.05, 0) is 22.0 Å². The van der Waals surface area contributed by atoms with Crippen LogP contribution in [0.25, 0.3) is 0 Å². The van der Waals surface area contributed by atoms with Crippen LogP contribution in [0.2, 0.25) is 0 Å². The molecule has 11 heavy (non-hydrogen) atoms. The van der Waals surface area contributed by atoms with Crippen molar-refractivity contribution in [3.63, 3.8) is 0 Å². The molecule has 1 heterocycles. The highest BCUT2D eigenvalue weighted by molar-refractivity contribution is 9.10. The zero-order chi connectivity index (χ0) is 8.43. The first-order valence-electron chi connectivity index (χ1n) is 2.96. The predicted molar refractivity (Wildman–Crippen MR) is 43.6 cm³/mol. The van der Waals surface area contributed by atoms with Crippen LogP contribution in [0.5, 0.6) is 5.75 Å². The molecular formula is C7H6BrNO2. The smallest absolute Gasteiger partial charge is 0.178 e. The summed E-state index contributed by atoms with van der Waals surface area (Å²) in [7, 11) is 0. The van der Waals surface area contributed by atoms with Gasteiger partial charge in [-0.1, -0.05) is 0 Å². The van der Waals surface area contributed by atoms with Gasteiger partial charge < -0.3 is 5.11 Å². The van der Waals surface area contributed by atoms with Gasteiger partial charge in [-0.2, -0.15) is 0 Å². The Labute approximate surface area is 72.2 Å². The largest absolute Gasteiger partial charge is 0.505 e. The van der Waals surface area contributed by atoms with Gasteiger partial charge in [0.1, 0.15) is 11.4 Å². The normalized spacial score (nSPS) is 9.64. The van der Waals surface area contributed by atoms with Gasteiger partial charge in [0.25, 0.3) is 0 Å². The summed E-state index contributed by atoms with van der Waals surface area (Å²) in [5, 5.41) is 9.00.